The van der Waals surface area contributed by atoms with Gasteiger partial charge in [0.15, 0.2) is 0 Å². The number of benzene rings is 1. The van der Waals surface area contributed by atoms with Crippen molar-refractivity contribution in [1.29, 1.82) is 0 Å². The molecule has 0 bridgehead atoms. The van der Waals surface area contributed by atoms with Crippen LogP contribution in [0.5, 0.6) is 0 Å². The molecule has 0 aliphatic carbocycles. The second kappa shape index (κ2) is 8.57. The van der Waals surface area contributed by atoms with Gasteiger partial charge < -0.3 is 4.90 Å². The normalized spacial score (nSPS) is 9.31. The summed E-state index contributed by atoms with van der Waals surface area (Å²) < 4.78 is 3.02. The fourth-order valence-corrected chi connectivity index (χ4v) is 3.15. The van der Waals surface area contributed by atoms with Crippen LogP contribution in [0.25, 0.3) is 0 Å². The first-order chi connectivity index (χ1) is 6.16. The second-order valence-electron chi connectivity index (χ2n) is 3.24. The summed E-state index contributed by atoms with van der Waals surface area (Å²) in [7, 11) is 6.00. The van der Waals surface area contributed by atoms with Crippen LogP contribution in [0.15, 0.2) is 30.3 Å². The van der Waals surface area contributed by atoms with Gasteiger partial charge in [-0.25, -0.2) is 0 Å². The van der Waals surface area contributed by atoms with E-state index in [1.807, 2.05) is 26.0 Å². The van der Waals surface area contributed by atoms with Gasteiger partial charge in [-0.2, -0.15) is 0 Å². The molecule has 0 heterocycles. The molecule has 13 heavy (non-hydrogen) atoms. The van der Waals surface area contributed by atoms with Crippen LogP contribution in [0.3, 0.4) is 0 Å². The first kappa shape index (κ1) is 13.0. The van der Waals surface area contributed by atoms with E-state index in [-0.39, 0.29) is 21.1 Å². The van der Waals surface area contributed by atoms with E-state index in [9.17, 15) is 0 Å². The maximum atomic E-state index is 2.28. The van der Waals surface area contributed by atoms with Gasteiger partial charge in [-0.3, -0.25) is 0 Å². The summed E-state index contributed by atoms with van der Waals surface area (Å²) in [6.07, 6.45) is 0. The first-order valence-electron chi connectivity index (χ1n) is 4.56. The fourth-order valence-electron chi connectivity index (χ4n) is 0.760. The minimum atomic E-state index is -0.150. The van der Waals surface area contributed by atoms with Gasteiger partial charge in [0, 0.05) is 0 Å². The minimum absolute atomic E-state index is 0.150. The monoisotopic (exact) mass is 285 g/mol. The van der Waals surface area contributed by atoms with Crippen molar-refractivity contribution in [2.24, 2.45) is 0 Å². The van der Waals surface area contributed by atoms with Gasteiger partial charge in [0.1, 0.15) is 0 Å². The molecule has 2 radical (unpaired) electrons. The van der Waals surface area contributed by atoms with Crippen molar-refractivity contribution < 1.29 is 0 Å². The van der Waals surface area contributed by atoms with Crippen LogP contribution in [0.2, 0.25) is 4.44 Å². The van der Waals surface area contributed by atoms with E-state index >= 15 is 0 Å². The van der Waals surface area contributed by atoms with Gasteiger partial charge in [-0.05, 0) is 21.1 Å². The van der Waals surface area contributed by atoms with Crippen molar-refractivity contribution in [3.63, 3.8) is 0 Å². The second-order valence-corrected chi connectivity index (χ2v) is 7.91. The van der Waals surface area contributed by atoms with E-state index < -0.39 is 0 Å². The molecule has 0 unspecified atom stereocenters. The Morgan fingerprint density at radius 3 is 1.92 bits per heavy atom. The summed E-state index contributed by atoms with van der Waals surface area (Å²) in [5.74, 6) is 0. The predicted molar refractivity (Wildman–Crippen MR) is 61.9 cm³/mol. The molecule has 0 amide bonds. The van der Waals surface area contributed by atoms with Gasteiger partial charge in [0.2, 0.25) is 0 Å². The summed E-state index contributed by atoms with van der Waals surface area (Å²) >= 11 is -0.150. The van der Waals surface area contributed by atoms with Crippen LogP contribution in [-0.2, 0) is 0 Å². The molecule has 1 rings (SSSR count). The Morgan fingerprint density at radius 2 is 1.54 bits per heavy atom. The Hall–Kier alpha value is -0.0213. The number of rotatable bonds is 2. The molecule has 0 aliphatic heterocycles. The van der Waals surface area contributed by atoms with E-state index in [0.29, 0.717) is 0 Å². The van der Waals surface area contributed by atoms with Crippen LogP contribution >= 0.6 is 0 Å². The molecule has 0 aliphatic rings. The van der Waals surface area contributed by atoms with Crippen LogP contribution < -0.4 is 3.58 Å². The van der Waals surface area contributed by atoms with Gasteiger partial charge in [-0.15, -0.1) is 0 Å². The van der Waals surface area contributed by atoms with E-state index in [1.54, 1.807) is 3.58 Å². The van der Waals surface area contributed by atoms with E-state index in [4.69, 9.17) is 0 Å². The van der Waals surface area contributed by atoms with Gasteiger partial charge in [0.05, 0.1) is 0 Å². The van der Waals surface area contributed by atoms with Crippen LogP contribution in [-0.4, -0.2) is 47.2 Å². The standard InChI is InChI=1S/C6H5.C3H9N.C2H5.Sn/c1-2-4-6-5-3-1;1-4(2)3;1-2;/h1-5H;1-3H3;1H2,2H3;. The van der Waals surface area contributed by atoms with E-state index in [1.165, 1.54) is 4.44 Å². The third-order valence-corrected chi connectivity index (χ3v) is 4.28. The third-order valence-electron chi connectivity index (χ3n) is 1.15. The van der Waals surface area contributed by atoms with Crippen molar-refractivity contribution in [2.75, 3.05) is 21.1 Å². The van der Waals surface area contributed by atoms with Gasteiger partial charge in [0.25, 0.3) is 0 Å². The zero-order valence-electron chi connectivity index (χ0n) is 9.04. The SMILES string of the molecule is CN(C)C.C[CH2][Sn][c]1ccccc1. The van der Waals surface area contributed by atoms with Crippen LogP contribution in [0.4, 0.5) is 0 Å². The van der Waals surface area contributed by atoms with Crippen molar-refractivity contribution >= 4 is 24.7 Å². The molecular weight excluding hydrogens is 265 g/mol. The molecule has 0 aromatic heterocycles. The fraction of sp³-hybridized carbons (Fsp3) is 0.455. The van der Waals surface area contributed by atoms with E-state index in [0.717, 1.165) is 0 Å². The zero-order chi connectivity index (χ0) is 10.1. The van der Waals surface area contributed by atoms with Crippen molar-refractivity contribution in [3.05, 3.63) is 30.3 Å². The Morgan fingerprint density at radius 1 is 1.08 bits per heavy atom. The molecule has 72 valence electrons. The van der Waals surface area contributed by atoms with Crippen LogP contribution in [0, 0.1) is 0 Å². The third kappa shape index (κ3) is 9.90. The summed E-state index contributed by atoms with van der Waals surface area (Å²) in [6, 6.07) is 10.8. The molecule has 0 fully saturated rings. The topological polar surface area (TPSA) is 3.24 Å². The molecule has 0 saturated carbocycles. The molecule has 1 aromatic rings. The molecule has 1 aromatic carbocycles. The Kier molecular flexibility index (Phi) is 8.56. The molecular formula is C11H19NSn. The van der Waals surface area contributed by atoms with Crippen LogP contribution in [0.1, 0.15) is 6.92 Å². The molecule has 2 heteroatoms. The van der Waals surface area contributed by atoms with E-state index in [2.05, 4.69) is 37.3 Å². The van der Waals surface area contributed by atoms with Gasteiger partial charge >= 0.3 is 66.4 Å². The number of nitrogens with zero attached hydrogens (tertiary/aromatic N) is 1. The van der Waals surface area contributed by atoms with Crippen molar-refractivity contribution in [3.8, 4) is 0 Å². The average Bonchev–Trinajstić information content (AvgIpc) is 2.06. The zero-order valence-corrected chi connectivity index (χ0v) is 11.9. The summed E-state index contributed by atoms with van der Waals surface area (Å²) in [5, 5.41) is 0. The molecule has 0 N–H and O–H groups in total. The Balaban J connectivity index is 0.000000310. The van der Waals surface area contributed by atoms with Gasteiger partial charge in [-0.1, -0.05) is 0 Å². The summed E-state index contributed by atoms with van der Waals surface area (Å²) in [4.78, 5) is 2.00. The number of hydrogen-bond donors (Lipinski definition) is 0. The van der Waals surface area contributed by atoms with Crippen molar-refractivity contribution in [2.45, 2.75) is 11.4 Å². The molecule has 0 atom stereocenters. The predicted octanol–water partition coefficient (Wildman–Crippen LogP) is 1.63. The van der Waals surface area contributed by atoms with Crippen molar-refractivity contribution in [1.82, 2.24) is 4.90 Å². The molecule has 0 saturated heterocycles. The maximum absolute atomic E-state index is 2.28. The number of hydrogen-bond acceptors (Lipinski definition) is 1. The molecule has 1 nitrogen and oxygen atoms in total. The summed E-state index contributed by atoms with van der Waals surface area (Å²) in [6.45, 7) is 2.28. The Bertz CT molecular complexity index is 194. The summed E-state index contributed by atoms with van der Waals surface area (Å²) in [5.41, 5.74) is 0. The quantitative estimate of drug-likeness (QED) is 0.746. The first-order valence-corrected chi connectivity index (χ1v) is 8.01. The Labute approximate surface area is 92.4 Å². The average molecular weight is 284 g/mol. The molecule has 0 spiro atoms.